The first-order valence-electron chi connectivity index (χ1n) is 9.59. The zero-order valence-electron chi connectivity index (χ0n) is 16.0. The summed E-state index contributed by atoms with van der Waals surface area (Å²) in [6.07, 6.45) is 4.39. The summed E-state index contributed by atoms with van der Waals surface area (Å²) in [6, 6.07) is 11.6. The van der Waals surface area contributed by atoms with Crippen LogP contribution >= 0.6 is 24.0 Å². The van der Waals surface area contributed by atoms with E-state index in [0.29, 0.717) is 27.8 Å². The second-order valence-electron chi connectivity index (χ2n) is 7.48. The van der Waals surface area contributed by atoms with Gasteiger partial charge in [-0.1, -0.05) is 60.2 Å². The number of carboxylic acid groups (broad SMARTS) is 1. The van der Waals surface area contributed by atoms with Gasteiger partial charge in [0, 0.05) is 17.7 Å². The molecule has 0 radical (unpaired) electrons. The van der Waals surface area contributed by atoms with Crippen LogP contribution in [-0.4, -0.2) is 32.2 Å². The number of furan rings is 1. The second kappa shape index (κ2) is 8.16. The van der Waals surface area contributed by atoms with Gasteiger partial charge in [0.05, 0.1) is 10.8 Å². The minimum absolute atomic E-state index is 0.150. The van der Waals surface area contributed by atoms with Gasteiger partial charge < -0.3 is 9.52 Å². The van der Waals surface area contributed by atoms with E-state index in [1.165, 1.54) is 17.3 Å². The van der Waals surface area contributed by atoms with Gasteiger partial charge in [-0.05, 0) is 38.3 Å². The molecule has 5 nitrogen and oxygen atoms in total. The highest BCUT2D eigenvalue weighted by atomic mass is 32.2. The van der Waals surface area contributed by atoms with Crippen LogP contribution in [0.5, 0.6) is 0 Å². The van der Waals surface area contributed by atoms with Crippen LogP contribution in [0.4, 0.5) is 0 Å². The van der Waals surface area contributed by atoms with Crippen LogP contribution in [0.1, 0.15) is 37.0 Å². The summed E-state index contributed by atoms with van der Waals surface area (Å²) in [5, 5.41) is 9.32. The second-order valence-corrected chi connectivity index (χ2v) is 9.15. The Morgan fingerprint density at radius 3 is 2.72 bits per heavy atom. The van der Waals surface area contributed by atoms with Crippen molar-refractivity contribution >= 4 is 46.3 Å². The minimum atomic E-state index is -0.796. The number of carbonyl (C=O) groups is 2. The number of amides is 1. The molecule has 1 saturated carbocycles. The largest absolute Gasteiger partial charge is 0.481 e. The first-order chi connectivity index (χ1) is 13.9. The molecule has 0 bridgehead atoms. The summed E-state index contributed by atoms with van der Waals surface area (Å²) >= 11 is 6.69. The van der Waals surface area contributed by atoms with Crippen LogP contribution in [0.3, 0.4) is 0 Å². The van der Waals surface area contributed by atoms with E-state index < -0.39 is 11.9 Å². The molecule has 1 aromatic heterocycles. The van der Waals surface area contributed by atoms with Crippen molar-refractivity contribution in [3.05, 3.63) is 52.6 Å². The molecule has 4 rings (SSSR count). The van der Waals surface area contributed by atoms with E-state index in [1.54, 1.807) is 11.0 Å². The Morgan fingerprint density at radius 2 is 2.00 bits per heavy atom. The fraction of sp³-hybridized carbons (Fsp3) is 0.318. The van der Waals surface area contributed by atoms with Crippen LogP contribution in [-0.2, 0) is 9.59 Å². The van der Waals surface area contributed by atoms with E-state index >= 15 is 0 Å². The number of thioether (sulfide) groups is 1. The van der Waals surface area contributed by atoms with Crippen molar-refractivity contribution in [1.82, 2.24) is 4.90 Å². The fourth-order valence-corrected chi connectivity index (χ4v) is 5.23. The minimum Gasteiger partial charge on any atom is -0.481 e. The maximum Gasteiger partial charge on any atom is 0.306 e. The van der Waals surface area contributed by atoms with Gasteiger partial charge in [-0.15, -0.1) is 0 Å². The van der Waals surface area contributed by atoms with Gasteiger partial charge in [0.25, 0.3) is 5.91 Å². The number of carbonyl (C=O) groups excluding carboxylic acids is 1. The predicted molar refractivity (Wildman–Crippen MR) is 117 cm³/mol. The number of aryl methyl sites for hydroxylation is 1. The number of hydrogen-bond donors (Lipinski definition) is 1. The third kappa shape index (κ3) is 4.16. The molecule has 1 aliphatic heterocycles. The molecule has 150 valence electrons. The van der Waals surface area contributed by atoms with Gasteiger partial charge in [-0.2, -0.15) is 0 Å². The van der Waals surface area contributed by atoms with Crippen molar-refractivity contribution in [3.63, 3.8) is 0 Å². The van der Waals surface area contributed by atoms with E-state index in [9.17, 15) is 14.7 Å². The summed E-state index contributed by atoms with van der Waals surface area (Å²) in [4.78, 5) is 26.4. The van der Waals surface area contributed by atoms with Gasteiger partial charge in [-0.3, -0.25) is 14.5 Å². The van der Waals surface area contributed by atoms with E-state index in [2.05, 4.69) is 0 Å². The van der Waals surface area contributed by atoms with Crippen molar-refractivity contribution in [2.45, 2.75) is 38.6 Å². The molecule has 2 unspecified atom stereocenters. The smallest absolute Gasteiger partial charge is 0.306 e. The van der Waals surface area contributed by atoms with Crippen molar-refractivity contribution in [2.24, 2.45) is 5.92 Å². The maximum absolute atomic E-state index is 13.0. The Morgan fingerprint density at radius 1 is 1.24 bits per heavy atom. The molecule has 1 aliphatic carbocycles. The normalized spacial score (nSPS) is 23.8. The van der Waals surface area contributed by atoms with Gasteiger partial charge in [0.15, 0.2) is 0 Å². The molecule has 2 heterocycles. The molecular formula is C22H21NO4S2. The van der Waals surface area contributed by atoms with Crippen molar-refractivity contribution in [2.75, 3.05) is 0 Å². The first kappa shape index (κ1) is 19.9. The third-order valence-electron chi connectivity index (χ3n) is 5.42. The molecule has 2 aromatic rings. The van der Waals surface area contributed by atoms with Crippen LogP contribution in [0, 0.1) is 12.8 Å². The summed E-state index contributed by atoms with van der Waals surface area (Å²) < 4.78 is 6.39. The lowest BCUT2D eigenvalue weighted by atomic mass is 9.85. The number of nitrogens with zero attached hydrogens (tertiary/aromatic N) is 1. The number of hydrogen-bond acceptors (Lipinski definition) is 5. The molecule has 2 fully saturated rings. The maximum atomic E-state index is 13.0. The SMILES string of the molecule is Cc1ccc(-c2ccc(C=C3SC(=S)N(C4CCCC(C(=O)O)C4)C3=O)o2)cc1. The average Bonchev–Trinajstić information content (AvgIpc) is 3.27. The lowest BCUT2D eigenvalue weighted by Gasteiger charge is -2.32. The van der Waals surface area contributed by atoms with Crippen LogP contribution < -0.4 is 0 Å². The zero-order valence-corrected chi connectivity index (χ0v) is 17.6. The summed E-state index contributed by atoms with van der Waals surface area (Å²) in [5.41, 5.74) is 2.15. The molecule has 2 aliphatic rings. The Balaban J connectivity index is 1.52. The number of benzene rings is 1. The Labute approximate surface area is 178 Å². The topological polar surface area (TPSA) is 70.8 Å². The van der Waals surface area contributed by atoms with Crippen molar-refractivity contribution < 1.29 is 19.1 Å². The highest BCUT2D eigenvalue weighted by Crippen LogP contribution is 2.39. The standard InChI is InChI=1S/C22H21NO4S2/c1-13-5-7-14(8-6-13)18-10-9-17(27-18)12-19-20(24)23(22(28)29-19)16-4-2-3-15(11-16)21(25)26/h5-10,12,15-16H,2-4,11H2,1H3,(H,25,26). The molecule has 1 amide bonds. The molecular weight excluding hydrogens is 406 g/mol. The lowest BCUT2D eigenvalue weighted by Crippen LogP contribution is -2.42. The van der Waals surface area contributed by atoms with Gasteiger partial charge in [0.1, 0.15) is 15.8 Å². The lowest BCUT2D eigenvalue weighted by molar-refractivity contribution is -0.144. The van der Waals surface area contributed by atoms with Crippen molar-refractivity contribution in [1.29, 1.82) is 0 Å². The third-order valence-corrected chi connectivity index (χ3v) is 6.75. The molecule has 0 spiro atoms. The van der Waals surface area contributed by atoms with Gasteiger partial charge in [-0.25, -0.2) is 0 Å². The Bertz CT molecular complexity index is 992. The van der Waals surface area contributed by atoms with Gasteiger partial charge in [0.2, 0.25) is 0 Å². The van der Waals surface area contributed by atoms with E-state index in [0.717, 1.165) is 24.2 Å². The molecule has 29 heavy (non-hydrogen) atoms. The number of aliphatic carboxylic acids is 1. The molecule has 1 N–H and O–H groups in total. The molecule has 1 aromatic carbocycles. The van der Waals surface area contributed by atoms with Crippen LogP contribution in [0.2, 0.25) is 0 Å². The van der Waals surface area contributed by atoms with E-state index in [4.69, 9.17) is 16.6 Å². The molecule has 1 saturated heterocycles. The summed E-state index contributed by atoms with van der Waals surface area (Å²) in [7, 11) is 0. The molecule has 7 heteroatoms. The zero-order chi connectivity index (χ0) is 20.5. The first-order valence-corrected chi connectivity index (χ1v) is 10.8. The summed E-state index contributed by atoms with van der Waals surface area (Å²) in [5.74, 6) is -0.0415. The number of rotatable bonds is 4. The van der Waals surface area contributed by atoms with Crippen molar-refractivity contribution in [3.8, 4) is 11.3 Å². The van der Waals surface area contributed by atoms with E-state index in [-0.39, 0.29) is 11.9 Å². The summed E-state index contributed by atoms with van der Waals surface area (Å²) in [6.45, 7) is 2.03. The van der Waals surface area contributed by atoms with Crippen LogP contribution in [0.15, 0.2) is 45.7 Å². The fourth-order valence-electron chi connectivity index (χ4n) is 3.85. The number of carboxylic acids is 1. The Hall–Kier alpha value is -2.38. The average molecular weight is 428 g/mol. The highest BCUT2D eigenvalue weighted by molar-refractivity contribution is 8.26. The monoisotopic (exact) mass is 427 g/mol. The Kier molecular flexibility index (Phi) is 5.61. The molecule has 2 atom stereocenters. The predicted octanol–water partition coefficient (Wildman–Crippen LogP) is 5.10. The highest BCUT2D eigenvalue weighted by Gasteiger charge is 2.40. The van der Waals surface area contributed by atoms with Crippen LogP contribution in [0.25, 0.3) is 17.4 Å². The van der Waals surface area contributed by atoms with Gasteiger partial charge >= 0.3 is 5.97 Å². The van der Waals surface area contributed by atoms with E-state index in [1.807, 2.05) is 43.3 Å². The number of thiocarbonyl (C=S) groups is 1. The quantitative estimate of drug-likeness (QED) is 0.541.